The Balaban J connectivity index is 1.85. The van der Waals surface area contributed by atoms with Crippen LogP contribution in [0, 0.1) is 5.92 Å². The van der Waals surface area contributed by atoms with E-state index in [1.165, 1.54) is 18.6 Å². The fourth-order valence-corrected chi connectivity index (χ4v) is 3.16. The Morgan fingerprint density at radius 2 is 2.00 bits per heavy atom. The van der Waals surface area contributed by atoms with Gasteiger partial charge in [-0.2, -0.15) is 13.2 Å². The van der Waals surface area contributed by atoms with E-state index in [2.05, 4.69) is 17.1 Å². The highest BCUT2D eigenvalue weighted by molar-refractivity contribution is 5.56. The molecule has 1 aromatic rings. The van der Waals surface area contributed by atoms with Gasteiger partial charge in [0.15, 0.2) is 0 Å². The molecule has 2 nitrogen and oxygen atoms in total. The van der Waals surface area contributed by atoms with E-state index in [0.717, 1.165) is 43.6 Å². The van der Waals surface area contributed by atoms with Crippen molar-refractivity contribution < 1.29 is 13.2 Å². The average molecular weight is 312 g/mol. The summed E-state index contributed by atoms with van der Waals surface area (Å²) in [6, 6.07) is 4.69. The van der Waals surface area contributed by atoms with Crippen LogP contribution in [0.4, 0.5) is 18.9 Å². The van der Waals surface area contributed by atoms with E-state index in [4.69, 9.17) is 0 Å². The molecule has 1 aromatic carbocycles. The summed E-state index contributed by atoms with van der Waals surface area (Å²) in [6.07, 6.45) is 0.302. The summed E-state index contributed by atoms with van der Waals surface area (Å²) in [4.78, 5) is 2.25. The highest BCUT2D eigenvalue weighted by Gasteiger charge is 2.32. The van der Waals surface area contributed by atoms with Crippen LogP contribution in [0.25, 0.3) is 0 Å². The van der Waals surface area contributed by atoms with E-state index in [-0.39, 0.29) is 0 Å². The topological polar surface area (TPSA) is 15.3 Å². The third kappa shape index (κ3) is 3.75. The maximum atomic E-state index is 13.0. The van der Waals surface area contributed by atoms with Crippen molar-refractivity contribution in [2.45, 2.75) is 51.4 Å². The van der Waals surface area contributed by atoms with Gasteiger partial charge in [0.25, 0.3) is 0 Å². The second-order valence-corrected chi connectivity index (χ2v) is 6.69. The lowest BCUT2D eigenvalue weighted by molar-refractivity contribution is -0.137. The van der Waals surface area contributed by atoms with Crippen molar-refractivity contribution in [2.75, 3.05) is 18.0 Å². The van der Waals surface area contributed by atoms with E-state index in [9.17, 15) is 13.2 Å². The maximum Gasteiger partial charge on any atom is 0.416 e. The summed E-state index contributed by atoms with van der Waals surface area (Å²) in [5.74, 6) is 0.597. The van der Waals surface area contributed by atoms with Gasteiger partial charge in [-0.25, -0.2) is 0 Å². The van der Waals surface area contributed by atoms with Crippen molar-refractivity contribution in [3.63, 3.8) is 0 Å². The van der Waals surface area contributed by atoms with Crippen LogP contribution in [0.5, 0.6) is 0 Å². The number of nitrogens with zero attached hydrogens (tertiary/aromatic N) is 1. The minimum Gasteiger partial charge on any atom is -0.371 e. The fraction of sp³-hybridized carbons (Fsp3) is 0.647. The van der Waals surface area contributed by atoms with Gasteiger partial charge in [0.1, 0.15) is 0 Å². The van der Waals surface area contributed by atoms with E-state index >= 15 is 0 Å². The Morgan fingerprint density at radius 1 is 1.23 bits per heavy atom. The first kappa shape index (κ1) is 15.7. The Hall–Kier alpha value is -1.23. The second kappa shape index (κ2) is 6.11. The first-order chi connectivity index (χ1) is 10.4. The molecule has 0 bridgehead atoms. The Morgan fingerprint density at radius 3 is 2.64 bits per heavy atom. The second-order valence-electron chi connectivity index (χ2n) is 6.69. The first-order valence-electron chi connectivity index (χ1n) is 8.12. The lowest BCUT2D eigenvalue weighted by atomic mass is 9.98. The molecule has 22 heavy (non-hydrogen) atoms. The molecule has 0 radical (unpaired) electrons. The minimum absolute atomic E-state index is 0.489. The number of piperidine rings is 1. The Kier molecular flexibility index (Phi) is 4.35. The summed E-state index contributed by atoms with van der Waals surface area (Å²) < 4.78 is 38.9. The van der Waals surface area contributed by atoms with Gasteiger partial charge in [-0.05, 0) is 55.4 Å². The molecule has 3 rings (SSSR count). The van der Waals surface area contributed by atoms with Gasteiger partial charge in [0, 0.05) is 31.4 Å². The molecule has 1 saturated heterocycles. The third-order valence-corrected chi connectivity index (χ3v) is 4.56. The fourth-order valence-electron chi connectivity index (χ4n) is 3.16. The Bertz CT molecular complexity index is 523. The molecule has 1 atom stereocenters. The predicted octanol–water partition coefficient (Wildman–Crippen LogP) is 4.19. The van der Waals surface area contributed by atoms with E-state index < -0.39 is 11.7 Å². The molecule has 2 fully saturated rings. The monoisotopic (exact) mass is 312 g/mol. The zero-order valence-electron chi connectivity index (χ0n) is 12.9. The number of hydrogen-bond acceptors (Lipinski definition) is 2. The van der Waals surface area contributed by atoms with Crippen molar-refractivity contribution >= 4 is 5.69 Å². The molecule has 122 valence electrons. The van der Waals surface area contributed by atoms with Gasteiger partial charge in [-0.3, -0.25) is 0 Å². The zero-order chi connectivity index (χ0) is 15.7. The zero-order valence-corrected chi connectivity index (χ0v) is 12.9. The van der Waals surface area contributed by atoms with Gasteiger partial charge >= 0.3 is 6.18 Å². The van der Waals surface area contributed by atoms with Crippen molar-refractivity contribution in [2.24, 2.45) is 5.92 Å². The summed E-state index contributed by atoms with van der Waals surface area (Å²) in [5, 5.41) is 3.35. The normalized spacial score (nSPS) is 22.9. The highest BCUT2D eigenvalue weighted by atomic mass is 19.4. The molecule has 1 aliphatic heterocycles. The number of halogens is 3. The summed E-state index contributed by atoms with van der Waals surface area (Å²) in [5.41, 5.74) is 1.19. The van der Waals surface area contributed by atoms with Crippen LogP contribution in [-0.2, 0) is 12.7 Å². The van der Waals surface area contributed by atoms with Crippen LogP contribution in [-0.4, -0.2) is 19.1 Å². The molecule has 0 amide bonds. The van der Waals surface area contributed by atoms with Gasteiger partial charge < -0.3 is 10.2 Å². The molecule has 0 aromatic heterocycles. The van der Waals surface area contributed by atoms with Crippen LogP contribution >= 0.6 is 0 Å². The average Bonchev–Trinajstić information content (AvgIpc) is 3.28. The third-order valence-electron chi connectivity index (χ3n) is 4.56. The molecule has 1 heterocycles. The molecular formula is C17H23F3N2. The first-order valence-corrected chi connectivity index (χ1v) is 8.12. The molecule has 0 spiro atoms. The van der Waals surface area contributed by atoms with Gasteiger partial charge in [-0.15, -0.1) is 0 Å². The van der Waals surface area contributed by atoms with E-state index in [1.807, 2.05) is 0 Å². The van der Waals surface area contributed by atoms with Crippen molar-refractivity contribution in [3.05, 3.63) is 29.3 Å². The van der Waals surface area contributed by atoms with Gasteiger partial charge in [0.2, 0.25) is 0 Å². The lowest BCUT2D eigenvalue weighted by Crippen LogP contribution is -2.35. The largest absolute Gasteiger partial charge is 0.416 e. The van der Waals surface area contributed by atoms with Crippen LogP contribution in [0.3, 0.4) is 0 Å². The highest BCUT2D eigenvalue weighted by Crippen LogP contribution is 2.34. The van der Waals surface area contributed by atoms with Crippen LogP contribution < -0.4 is 10.2 Å². The van der Waals surface area contributed by atoms with Crippen LogP contribution in [0.15, 0.2) is 18.2 Å². The predicted molar refractivity (Wildman–Crippen MR) is 81.9 cm³/mol. The lowest BCUT2D eigenvalue weighted by Gasteiger charge is -2.34. The molecule has 1 N–H and O–H groups in total. The smallest absolute Gasteiger partial charge is 0.371 e. The number of nitrogens with one attached hydrogen (secondary N) is 1. The number of hydrogen-bond donors (Lipinski definition) is 1. The molecule has 2 aliphatic rings. The molecule has 1 unspecified atom stereocenters. The van der Waals surface area contributed by atoms with E-state index in [1.54, 1.807) is 6.07 Å². The SMILES string of the molecule is CC1CCCN(c2ccc(C(F)(F)F)cc2CNC2CC2)C1. The van der Waals surface area contributed by atoms with Gasteiger partial charge in [-0.1, -0.05) is 6.92 Å². The van der Waals surface area contributed by atoms with Crippen molar-refractivity contribution in [3.8, 4) is 0 Å². The number of benzene rings is 1. The summed E-state index contributed by atoms with van der Waals surface area (Å²) >= 11 is 0. The molecule has 1 aliphatic carbocycles. The number of anilines is 1. The molecule has 5 heteroatoms. The van der Waals surface area contributed by atoms with Crippen molar-refractivity contribution in [1.29, 1.82) is 0 Å². The minimum atomic E-state index is -4.28. The van der Waals surface area contributed by atoms with E-state index in [0.29, 0.717) is 18.5 Å². The van der Waals surface area contributed by atoms with Crippen LogP contribution in [0.2, 0.25) is 0 Å². The molecular weight excluding hydrogens is 289 g/mol. The standard InChI is InChI=1S/C17H23F3N2/c1-12-3-2-8-22(11-12)16-7-4-14(17(18,19)20)9-13(16)10-21-15-5-6-15/h4,7,9,12,15,21H,2-3,5-6,8,10-11H2,1H3. The Labute approximate surface area is 129 Å². The summed E-state index contributed by atoms with van der Waals surface area (Å²) in [6.45, 7) is 4.60. The molecule has 1 saturated carbocycles. The van der Waals surface area contributed by atoms with Gasteiger partial charge in [0.05, 0.1) is 5.56 Å². The summed E-state index contributed by atoms with van der Waals surface area (Å²) in [7, 11) is 0. The number of rotatable bonds is 4. The van der Waals surface area contributed by atoms with Crippen molar-refractivity contribution in [1.82, 2.24) is 5.32 Å². The van der Waals surface area contributed by atoms with Crippen LogP contribution in [0.1, 0.15) is 43.7 Å². The number of alkyl halides is 3. The quantitative estimate of drug-likeness (QED) is 0.896. The maximum absolute atomic E-state index is 13.0.